The second-order valence-corrected chi connectivity index (χ2v) is 5.91. The van der Waals surface area contributed by atoms with Gasteiger partial charge in [0.25, 0.3) is 5.91 Å². The molecular formula is C22H19NO4. The summed E-state index contributed by atoms with van der Waals surface area (Å²) in [5.41, 5.74) is 2.49. The van der Waals surface area contributed by atoms with Gasteiger partial charge in [-0.05, 0) is 42.0 Å². The molecule has 0 aliphatic carbocycles. The highest BCUT2D eigenvalue weighted by Gasteiger charge is 2.09. The monoisotopic (exact) mass is 361 g/mol. The first-order valence-corrected chi connectivity index (χ1v) is 8.48. The second-order valence-electron chi connectivity index (χ2n) is 5.91. The van der Waals surface area contributed by atoms with Crippen LogP contribution in [0.4, 0.5) is 5.69 Å². The summed E-state index contributed by atoms with van der Waals surface area (Å²) < 4.78 is 5.46. The SMILES string of the molecule is O=C(COc1ccc(C(=O)c2ccccc2)cc1)Nc1cccc(CO)c1. The summed E-state index contributed by atoms with van der Waals surface area (Å²) >= 11 is 0. The zero-order valence-electron chi connectivity index (χ0n) is 14.6. The van der Waals surface area contributed by atoms with Crippen LogP contribution >= 0.6 is 0 Å². The lowest BCUT2D eigenvalue weighted by Gasteiger charge is -2.09. The Morgan fingerprint density at radius 2 is 1.56 bits per heavy atom. The predicted octanol–water partition coefficient (Wildman–Crippen LogP) is 3.43. The van der Waals surface area contributed by atoms with Crippen molar-refractivity contribution < 1.29 is 19.4 Å². The van der Waals surface area contributed by atoms with Gasteiger partial charge in [-0.1, -0.05) is 42.5 Å². The number of carbonyl (C=O) groups excluding carboxylic acids is 2. The lowest BCUT2D eigenvalue weighted by atomic mass is 10.0. The van der Waals surface area contributed by atoms with Crippen LogP contribution in [0.2, 0.25) is 0 Å². The minimum Gasteiger partial charge on any atom is -0.484 e. The Balaban J connectivity index is 1.55. The molecule has 27 heavy (non-hydrogen) atoms. The van der Waals surface area contributed by atoms with Crippen molar-refractivity contribution in [3.63, 3.8) is 0 Å². The fraction of sp³-hybridized carbons (Fsp3) is 0.0909. The van der Waals surface area contributed by atoms with Crippen molar-refractivity contribution in [3.8, 4) is 5.75 Å². The van der Waals surface area contributed by atoms with Crippen LogP contribution in [-0.4, -0.2) is 23.4 Å². The first-order valence-electron chi connectivity index (χ1n) is 8.48. The predicted molar refractivity (Wildman–Crippen MR) is 103 cm³/mol. The van der Waals surface area contributed by atoms with E-state index < -0.39 is 0 Å². The van der Waals surface area contributed by atoms with Gasteiger partial charge in [-0.3, -0.25) is 9.59 Å². The van der Waals surface area contributed by atoms with Crippen LogP contribution in [0.15, 0.2) is 78.9 Å². The molecule has 1 amide bonds. The van der Waals surface area contributed by atoms with Crippen molar-refractivity contribution in [2.75, 3.05) is 11.9 Å². The maximum atomic E-state index is 12.4. The third-order valence-electron chi connectivity index (χ3n) is 3.92. The standard InChI is InChI=1S/C22H19NO4/c24-14-16-5-4-8-19(13-16)23-21(25)15-27-20-11-9-18(10-12-20)22(26)17-6-2-1-3-7-17/h1-13,24H,14-15H2,(H,23,25). The van der Waals surface area contributed by atoms with Crippen LogP contribution in [0.1, 0.15) is 21.5 Å². The third-order valence-corrected chi connectivity index (χ3v) is 3.92. The van der Waals surface area contributed by atoms with Gasteiger partial charge in [-0.15, -0.1) is 0 Å². The highest BCUT2D eigenvalue weighted by molar-refractivity contribution is 6.09. The quantitative estimate of drug-likeness (QED) is 0.632. The van der Waals surface area contributed by atoms with Crippen molar-refractivity contribution in [1.29, 1.82) is 0 Å². The van der Waals surface area contributed by atoms with E-state index in [1.165, 1.54) is 0 Å². The number of hydrogen-bond donors (Lipinski definition) is 2. The molecule has 2 N–H and O–H groups in total. The Hall–Kier alpha value is -3.44. The summed E-state index contributed by atoms with van der Waals surface area (Å²) in [4.78, 5) is 24.3. The van der Waals surface area contributed by atoms with E-state index in [2.05, 4.69) is 5.32 Å². The molecule has 0 spiro atoms. The zero-order valence-corrected chi connectivity index (χ0v) is 14.6. The lowest BCUT2D eigenvalue weighted by Crippen LogP contribution is -2.20. The van der Waals surface area contributed by atoms with Gasteiger partial charge in [-0.25, -0.2) is 0 Å². The molecule has 0 saturated heterocycles. The van der Waals surface area contributed by atoms with Gasteiger partial charge in [0.15, 0.2) is 12.4 Å². The third kappa shape index (κ3) is 5.03. The number of carbonyl (C=O) groups is 2. The molecule has 0 heterocycles. The van der Waals surface area contributed by atoms with Crippen LogP contribution < -0.4 is 10.1 Å². The average molecular weight is 361 g/mol. The average Bonchev–Trinajstić information content (AvgIpc) is 2.73. The van der Waals surface area contributed by atoms with Crippen LogP contribution in [-0.2, 0) is 11.4 Å². The molecule has 0 atom stereocenters. The second kappa shape index (κ2) is 8.78. The molecule has 3 aromatic rings. The van der Waals surface area contributed by atoms with Crippen molar-refractivity contribution >= 4 is 17.4 Å². The summed E-state index contributed by atoms with van der Waals surface area (Å²) in [7, 11) is 0. The molecule has 0 saturated carbocycles. The highest BCUT2D eigenvalue weighted by atomic mass is 16.5. The van der Waals surface area contributed by atoms with Crippen molar-refractivity contribution in [2.24, 2.45) is 0 Å². The van der Waals surface area contributed by atoms with E-state index in [1.807, 2.05) is 18.2 Å². The molecule has 136 valence electrons. The normalized spacial score (nSPS) is 10.3. The minimum absolute atomic E-state index is 0.0661. The fourth-order valence-electron chi connectivity index (χ4n) is 2.55. The Kier molecular flexibility index (Phi) is 5.97. The number of aliphatic hydroxyl groups is 1. The molecule has 3 rings (SSSR count). The van der Waals surface area contributed by atoms with Crippen molar-refractivity contribution in [1.82, 2.24) is 0 Å². The van der Waals surface area contributed by atoms with Crippen LogP contribution in [0.3, 0.4) is 0 Å². The first kappa shape index (κ1) is 18.4. The zero-order chi connectivity index (χ0) is 19.1. The van der Waals surface area contributed by atoms with Crippen molar-refractivity contribution in [2.45, 2.75) is 6.61 Å². The Morgan fingerprint density at radius 1 is 0.852 bits per heavy atom. The summed E-state index contributed by atoms with van der Waals surface area (Å²) in [5.74, 6) is 0.122. The Morgan fingerprint density at radius 3 is 2.26 bits per heavy atom. The maximum absolute atomic E-state index is 12.4. The number of ether oxygens (including phenoxy) is 1. The van der Waals surface area contributed by atoms with E-state index in [9.17, 15) is 9.59 Å². The van der Waals surface area contributed by atoms with Gasteiger partial charge in [0, 0.05) is 16.8 Å². The molecule has 3 aromatic carbocycles. The number of nitrogens with one attached hydrogen (secondary N) is 1. The number of aliphatic hydroxyl groups excluding tert-OH is 1. The van der Waals surface area contributed by atoms with Crippen molar-refractivity contribution in [3.05, 3.63) is 95.6 Å². The van der Waals surface area contributed by atoms with Crippen LogP contribution in [0, 0.1) is 0 Å². The van der Waals surface area contributed by atoms with E-state index in [0.717, 1.165) is 0 Å². The molecular weight excluding hydrogens is 342 g/mol. The number of hydrogen-bond acceptors (Lipinski definition) is 4. The van der Waals surface area contributed by atoms with E-state index in [1.54, 1.807) is 60.7 Å². The van der Waals surface area contributed by atoms with Gasteiger partial charge in [0.1, 0.15) is 5.75 Å². The van der Waals surface area contributed by atoms with Gasteiger partial charge in [0.05, 0.1) is 6.61 Å². The topological polar surface area (TPSA) is 75.6 Å². The summed E-state index contributed by atoms with van der Waals surface area (Å²) in [6, 6.07) is 22.7. The summed E-state index contributed by atoms with van der Waals surface area (Å²) in [6.07, 6.45) is 0. The number of anilines is 1. The molecule has 0 bridgehead atoms. The molecule has 0 radical (unpaired) electrons. The van der Waals surface area contributed by atoms with E-state index >= 15 is 0 Å². The van der Waals surface area contributed by atoms with E-state index in [0.29, 0.717) is 28.1 Å². The van der Waals surface area contributed by atoms with E-state index in [4.69, 9.17) is 9.84 Å². The molecule has 0 aliphatic rings. The summed E-state index contributed by atoms with van der Waals surface area (Å²) in [5, 5.41) is 11.8. The molecule has 5 nitrogen and oxygen atoms in total. The number of ketones is 1. The van der Waals surface area contributed by atoms with Gasteiger partial charge in [-0.2, -0.15) is 0 Å². The molecule has 0 aromatic heterocycles. The van der Waals surface area contributed by atoms with E-state index in [-0.39, 0.29) is 24.9 Å². The number of rotatable bonds is 7. The number of benzene rings is 3. The minimum atomic E-state index is -0.311. The lowest BCUT2D eigenvalue weighted by molar-refractivity contribution is -0.118. The molecule has 0 fully saturated rings. The molecule has 5 heteroatoms. The van der Waals surface area contributed by atoms with Gasteiger partial charge >= 0.3 is 0 Å². The molecule has 0 unspecified atom stereocenters. The van der Waals surface area contributed by atoms with Crippen LogP contribution in [0.25, 0.3) is 0 Å². The maximum Gasteiger partial charge on any atom is 0.262 e. The van der Waals surface area contributed by atoms with Gasteiger partial charge < -0.3 is 15.2 Å². The van der Waals surface area contributed by atoms with Crippen LogP contribution in [0.5, 0.6) is 5.75 Å². The number of amides is 1. The molecule has 0 aliphatic heterocycles. The first-order chi connectivity index (χ1) is 13.2. The Bertz CT molecular complexity index is 921. The summed E-state index contributed by atoms with van der Waals surface area (Å²) in [6.45, 7) is -0.246. The highest BCUT2D eigenvalue weighted by Crippen LogP contribution is 2.16. The smallest absolute Gasteiger partial charge is 0.262 e. The largest absolute Gasteiger partial charge is 0.484 e. The van der Waals surface area contributed by atoms with Gasteiger partial charge in [0.2, 0.25) is 0 Å². The Labute approximate surface area is 157 Å². The fourth-order valence-corrected chi connectivity index (χ4v) is 2.55.